The summed E-state index contributed by atoms with van der Waals surface area (Å²) in [5.74, 6) is -1.24. The Morgan fingerprint density at radius 2 is 2.08 bits per heavy atom. The van der Waals surface area contributed by atoms with E-state index in [2.05, 4.69) is 10.4 Å². The minimum atomic E-state index is -0.695. The molecule has 2 heterocycles. The van der Waals surface area contributed by atoms with Gasteiger partial charge in [0.05, 0.1) is 13.2 Å². The number of nitrogens with zero attached hydrogens (tertiary/aromatic N) is 3. The fraction of sp³-hybridized carbons (Fsp3) is 0.353. The minimum Gasteiger partial charge on any atom is -0.378 e. The van der Waals surface area contributed by atoms with Crippen molar-refractivity contribution in [3.8, 4) is 5.69 Å². The Morgan fingerprint density at radius 1 is 1.32 bits per heavy atom. The van der Waals surface area contributed by atoms with Crippen LogP contribution in [-0.4, -0.2) is 58.8 Å². The van der Waals surface area contributed by atoms with Crippen molar-refractivity contribution in [1.82, 2.24) is 20.0 Å². The average molecular weight is 346 g/mol. The Kier molecular flexibility index (Phi) is 5.08. The summed E-state index contributed by atoms with van der Waals surface area (Å²) in [7, 11) is 0. The molecule has 8 heteroatoms. The molecule has 1 aliphatic rings. The molecule has 0 aliphatic carbocycles. The van der Waals surface area contributed by atoms with E-state index in [1.165, 1.54) is 16.8 Å². The van der Waals surface area contributed by atoms with Gasteiger partial charge in [-0.3, -0.25) is 9.59 Å². The van der Waals surface area contributed by atoms with E-state index in [1.54, 1.807) is 30.3 Å². The van der Waals surface area contributed by atoms with Crippen LogP contribution in [0.5, 0.6) is 0 Å². The summed E-state index contributed by atoms with van der Waals surface area (Å²) in [6.07, 6.45) is 3.15. The van der Waals surface area contributed by atoms with E-state index in [1.807, 2.05) is 0 Å². The smallest absolute Gasteiger partial charge is 0.252 e. The van der Waals surface area contributed by atoms with Crippen LogP contribution in [0.1, 0.15) is 17.3 Å². The van der Waals surface area contributed by atoms with Crippen LogP contribution in [0.2, 0.25) is 0 Å². The third-order valence-electron chi connectivity index (χ3n) is 4.00. The molecule has 25 heavy (non-hydrogen) atoms. The van der Waals surface area contributed by atoms with Crippen molar-refractivity contribution >= 4 is 11.8 Å². The second kappa shape index (κ2) is 7.43. The summed E-state index contributed by atoms with van der Waals surface area (Å²) in [5.41, 5.74) is 0.397. The first-order valence-electron chi connectivity index (χ1n) is 8.03. The van der Waals surface area contributed by atoms with Crippen molar-refractivity contribution in [2.24, 2.45) is 0 Å². The summed E-state index contributed by atoms with van der Waals surface area (Å²) in [6, 6.07) is 5.10. The van der Waals surface area contributed by atoms with Crippen LogP contribution in [-0.2, 0) is 9.53 Å². The summed E-state index contributed by atoms with van der Waals surface area (Å²) in [4.78, 5) is 26.3. The van der Waals surface area contributed by atoms with Gasteiger partial charge in [-0.05, 0) is 31.2 Å². The van der Waals surface area contributed by atoms with Gasteiger partial charge in [-0.2, -0.15) is 5.10 Å². The molecular weight excluding hydrogens is 327 g/mol. The summed E-state index contributed by atoms with van der Waals surface area (Å²) in [5, 5.41) is 6.58. The lowest BCUT2D eigenvalue weighted by Gasteiger charge is -2.29. The van der Waals surface area contributed by atoms with Gasteiger partial charge < -0.3 is 15.0 Å². The van der Waals surface area contributed by atoms with Gasteiger partial charge in [0.15, 0.2) is 0 Å². The highest BCUT2D eigenvalue weighted by Gasteiger charge is 2.24. The maximum absolute atomic E-state index is 14.2. The SMILES string of the molecule is CC(NC(=O)c1ccc(-n2cccn2)c(F)c1)C(=O)N1CCOCC1. The molecule has 1 atom stereocenters. The van der Waals surface area contributed by atoms with Crippen molar-refractivity contribution in [2.75, 3.05) is 26.3 Å². The van der Waals surface area contributed by atoms with Gasteiger partial charge in [-0.1, -0.05) is 0 Å². The van der Waals surface area contributed by atoms with E-state index in [9.17, 15) is 14.0 Å². The number of amides is 2. The van der Waals surface area contributed by atoms with Crippen molar-refractivity contribution in [3.63, 3.8) is 0 Å². The number of aromatic nitrogens is 2. The zero-order valence-electron chi connectivity index (χ0n) is 13.8. The number of halogens is 1. The van der Waals surface area contributed by atoms with Crippen LogP contribution < -0.4 is 5.32 Å². The zero-order valence-corrected chi connectivity index (χ0v) is 13.8. The largest absolute Gasteiger partial charge is 0.378 e. The molecule has 3 rings (SSSR count). The predicted molar refractivity (Wildman–Crippen MR) is 87.8 cm³/mol. The number of carbonyl (C=O) groups excluding carboxylic acids is 2. The molecule has 1 aromatic carbocycles. The Labute approximate surface area is 144 Å². The number of benzene rings is 1. The lowest BCUT2D eigenvalue weighted by Crippen LogP contribution is -2.50. The van der Waals surface area contributed by atoms with Crippen LogP contribution in [0.25, 0.3) is 5.69 Å². The van der Waals surface area contributed by atoms with Crippen LogP contribution in [0.15, 0.2) is 36.7 Å². The number of carbonyl (C=O) groups is 2. The van der Waals surface area contributed by atoms with E-state index >= 15 is 0 Å². The molecule has 1 fully saturated rings. The molecule has 0 saturated carbocycles. The van der Waals surface area contributed by atoms with Crippen LogP contribution >= 0.6 is 0 Å². The Morgan fingerprint density at radius 3 is 2.72 bits per heavy atom. The molecule has 1 aliphatic heterocycles. The lowest BCUT2D eigenvalue weighted by atomic mass is 10.1. The molecular formula is C17H19FN4O3. The van der Waals surface area contributed by atoms with Crippen molar-refractivity contribution in [2.45, 2.75) is 13.0 Å². The number of nitrogens with one attached hydrogen (secondary N) is 1. The summed E-state index contributed by atoms with van der Waals surface area (Å²) >= 11 is 0. The first-order valence-corrected chi connectivity index (χ1v) is 8.03. The number of hydrogen-bond donors (Lipinski definition) is 1. The molecule has 132 valence electrons. The second-order valence-electron chi connectivity index (χ2n) is 5.75. The molecule has 0 spiro atoms. The number of morpholine rings is 1. The third kappa shape index (κ3) is 3.85. The minimum absolute atomic E-state index is 0.148. The van der Waals surface area contributed by atoms with Crippen molar-refractivity contribution in [3.05, 3.63) is 48.0 Å². The van der Waals surface area contributed by atoms with Gasteiger partial charge in [0.25, 0.3) is 5.91 Å². The topological polar surface area (TPSA) is 76.5 Å². The van der Waals surface area contributed by atoms with Crippen LogP contribution in [0.4, 0.5) is 4.39 Å². The fourth-order valence-corrected chi connectivity index (χ4v) is 2.64. The monoisotopic (exact) mass is 346 g/mol. The van der Waals surface area contributed by atoms with E-state index in [4.69, 9.17) is 4.74 Å². The molecule has 1 unspecified atom stereocenters. The molecule has 2 aromatic rings. The van der Waals surface area contributed by atoms with Gasteiger partial charge in [-0.25, -0.2) is 9.07 Å². The van der Waals surface area contributed by atoms with Crippen molar-refractivity contribution < 1.29 is 18.7 Å². The van der Waals surface area contributed by atoms with E-state index in [-0.39, 0.29) is 17.2 Å². The molecule has 1 saturated heterocycles. The van der Waals surface area contributed by atoms with Gasteiger partial charge >= 0.3 is 0 Å². The maximum Gasteiger partial charge on any atom is 0.252 e. The second-order valence-corrected chi connectivity index (χ2v) is 5.75. The summed E-state index contributed by atoms with van der Waals surface area (Å²) in [6.45, 7) is 3.61. The molecule has 0 radical (unpaired) electrons. The van der Waals surface area contributed by atoms with Gasteiger partial charge in [0.2, 0.25) is 5.91 Å². The fourth-order valence-electron chi connectivity index (χ4n) is 2.64. The van der Waals surface area contributed by atoms with Crippen LogP contribution in [0.3, 0.4) is 0 Å². The first kappa shape index (κ1) is 17.1. The highest BCUT2D eigenvalue weighted by atomic mass is 19.1. The number of ether oxygens (including phenoxy) is 1. The molecule has 7 nitrogen and oxygen atoms in total. The Bertz CT molecular complexity index is 757. The number of rotatable bonds is 4. The standard InChI is InChI=1S/C17H19FN4O3/c1-12(17(24)21-7-9-25-10-8-21)20-16(23)13-3-4-15(14(18)11-13)22-6-2-5-19-22/h2-6,11-12H,7-10H2,1H3,(H,20,23). The van der Waals surface area contributed by atoms with Gasteiger partial charge in [0.1, 0.15) is 17.5 Å². The van der Waals surface area contributed by atoms with E-state index in [0.29, 0.717) is 26.3 Å². The maximum atomic E-state index is 14.2. The molecule has 0 bridgehead atoms. The van der Waals surface area contributed by atoms with Crippen molar-refractivity contribution in [1.29, 1.82) is 0 Å². The van der Waals surface area contributed by atoms with E-state index in [0.717, 1.165) is 6.07 Å². The molecule has 2 amide bonds. The Hall–Kier alpha value is -2.74. The third-order valence-corrected chi connectivity index (χ3v) is 4.00. The van der Waals surface area contributed by atoms with E-state index < -0.39 is 17.8 Å². The predicted octanol–water partition coefficient (Wildman–Crippen LogP) is 0.988. The van der Waals surface area contributed by atoms with Crippen LogP contribution in [0, 0.1) is 5.82 Å². The highest BCUT2D eigenvalue weighted by Crippen LogP contribution is 2.14. The normalized spacial score (nSPS) is 15.7. The summed E-state index contributed by atoms with van der Waals surface area (Å²) < 4.78 is 20.8. The zero-order chi connectivity index (χ0) is 17.8. The highest BCUT2D eigenvalue weighted by molar-refractivity contribution is 5.97. The number of hydrogen-bond acceptors (Lipinski definition) is 4. The quantitative estimate of drug-likeness (QED) is 0.896. The first-order chi connectivity index (χ1) is 12.1. The lowest BCUT2D eigenvalue weighted by molar-refractivity contribution is -0.136. The van der Waals surface area contributed by atoms with Gasteiger partial charge in [-0.15, -0.1) is 0 Å². The average Bonchev–Trinajstić information content (AvgIpc) is 3.16. The van der Waals surface area contributed by atoms with Gasteiger partial charge in [0, 0.05) is 31.0 Å². The molecule has 1 N–H and O–H groups in total. The Balaban J connectivity index is 1.66. The molecule has 1 aromatic heterocycles.